The maximum Gasteiger partial charge on any atom is 0.289 e. The lowest BCUT2D eigenvalue weighted by atomic mass is 10.2. The summed E-state index contributed by atoms with van der Waals surface area (Å²) in [6.07, 6.45) is 2.04. The van der Waals surface area contributed by atoms with Crippen molar-refractivity contribution >= 4 is 5.91 Å². The summed E-state index contributed by atoms with van der Waals surface area (Å²) < 4.78 is 66.3. The zero-order chi connectivity index (χ0) is 24.4. The maximum atomic E-state index is 13.7. The summed E-state index contributed by atoms with van der Waals surface area (Å²) in [7, 11) is 0. The van der Waals surface area contributed by atoms with Crippen molar-refractivity contribution in [2.24, 2.45) is 0 Å². The first-order valence-corrected chi connectivity index (χ1v) is 10.9. The van der Waals surface area contributed by atoms with Gasteiger partial charge in [0.25, 0.3) is 5.91 Å². The van der Waals surface area contributed by atoms with E-state index in [1.807, 2.05) is 24.7 Å². The second-order valence-electron chi connectivity index (χ2n) is 8.02. The minimum absolute atomic E-state index is 0.0403. The standard InChI is InChI=1S/C23H24F4N4O3/c1-3-31-12-15(14(2)28-31)11-29-6-8-30(9-7-29)23(32)19-5-4-16(34-19)13-33-22-20(26)17(24)10-18(25)21(22)27/h4-5,10,12H,3,6-9,11,13H2,1-2H3. The topological polar surface area (TPSA) is 63.7 Å². The van der Waals surface area contributed by atoms with Crippen molar-refractivity contribution in [3.05, 3.63) is 70.4 Å². The SMILES string of the molecule is CCn1cc(CN2CCN(C(=O)c3ccc(COc4c(F)c(F)cc(F)c4F)o3)CC2)c(C)n1. The Labute approximate surface area is 193 Å². The number of amides is 1. The number of hydrogen-bond acceptors (Lipinski definition) is 5. The van der Waals surface area contributed by atoms with Crippen molar-refractivity contribution in [1.29, 1.82) is 0 Å². The van der Waals surface area contributed by atoms with E-state index in [1.54, 1.807) is 4.90 Å². The molecule has 0 bridgehead atoms. The summed E-state index contributed by atoms with van der Waals surface area (Å²) in [6, 6.07) is 2.93. The molecule has 0 spiro atoms. The number of rotatable bonds is 7. The van der Waals surface area contributed by atoms with Crippen molar-refractivity contribution in [1.82, 2.24) is 19.6 Å². The van der Waals surface area contributed by atoms with Crippen LogP contribution < -0.4 is 4.74 Å². The van der Waals surface area contributed by atoms with Crippen molar-refractivity contribution in [3.8, 4) is 5.75 Å². The Bertz CT molecular complexity index is 1160. The molecule has 34 heavy (non-hydrogen) atoms. The second-order valence-corrected chi connectivity index (χ2v) is 8.02. The number of aryl methyl sites for hydroxylation is 2. The lowest BCUT2D eigenvalue weighted by Crippen LogP contribution is -2.48. The first kappa shape index (κ1) is 23.8. The summed E-state index contributed by atoms with van der Waals surface area (Å²) in [5, 5.41) is 4.46. The van der Waals surface area contributed by atoms with E-state index in [9.17, 15) is 22.4 Å². The van der Waals surface area contributed by atoms with Gasteiger partial charge in [-0.3, -0.25) is 14.4 Å². The fourth-order valence-electron chi connectivity index (χ4n) is 3.77. The van der Waals surface area contributed by atoms with E-state index in [4.69, 9.17) is 9.15 Å². The molecule has 0 atom stereocenters. The van der Waals surface area contributed by atoms with Gasteiger partial charge < -0.3 is 14.1 Å². The fourth-order valence-corrected chi connectivity index (χ4v) is 3.77. The molecule has 3 heterocycles. The minimum Gasteiger partial charge on any atom is -0.479 e. The molecule has 0 saturated carbocycles. The average Bonchev–Trinajstić information content (AvgIpc) is 3.44. The number of carbonyl (C=O) groups is 1. The van der Waals surface area contributed by atoms with E-state index in [1.165, 1.54) is 12.1 Å². The molecule has 4 rings (SSSR count). The molecule has 0 N–H and O–H groups in total. The van der Waals surface area contributed by atoms with Crippen molar-refractivity contribution in [2.45, 2.75) is 33.5 Å². The molecule has 0 unspecified atom stereocenters. The van der Waals surface area contributed by atoms with E-state index in [-0.39, 0.29) is 23.5 Å². The van der Waals surface area contributed by atoms with E-state index < -0.39 is 35.6 Å². The zero-order valence-electron chi connectivity index (χ0n) is 18.8. The van der Waals surface area contributed by atoms with Gasteiger partial charge in [-0.05, 0) is 26.0 Å². The van der Waals surface area contributed by atoms with Gasteiger partial charge in [0.2, 0.25) is 11.6 Å². The van der Waals surface area contributed by atoms with Gasteiger partial charge in [0, 0.05) is 57.1 Å². The number of nitrogens with zero attached hydrogens (tertiary/aromatic N) is 4. The van der Waals surface area contributed by atoms with Crippen LogP contribution in [0.15, 0.2) is 28.8 Å². The lowest BCUT2D eigenvalue weighted by Gasteiger charge is -2.34. The predicted molar refractivity (Wildman–Crippen MR) is 113 cm³/mol. The van der Waals surface area contributed by atoms with E-state index in [2.05, 4.69) is 10.00 Å². The molecule has 1 fully saturated rings. The number of halogens is 4. The molecule has 0 aliphatic carbocycles. The first-order valence-electron chi connectivity index (χ1n) is 10.9. The molecule has 3 aromatic rings. The van der Waals surface area contributed by atoms with Gasteiger partial charge in [-0.25, -0.2) is 8.78 Å². The number of ether oxygens (including phenoxy) is 1. The summed E-state index contributed by atoms with van der Waals surface area (Å²) in [5.41, 5.74) is 2.15. The molecular formula is C23H24F4N4O3. The van der Waals surface area contributed by atoms with Crippen LogP contribution in [0.25, 0.3) is 0 Å². The number of furan rings is 1. The van der Waals surface area contributed by atoms with Crippen LogP contribution in [0, 0.1) is 30.2 Å². The van der Waals surface area contributed by atoms with Crippen molar-refractivity contribution in [2.75, 3.05) is 26.2 Å². The van der Waals surface area contributed by atoms with E-state index >= 15 is 0 Å². The van der Waals surface area contributed by atoms with Gasteiger partial charge in [0.1, 0.15) is 12.4 Å². The van der Waals surface area contributed by atoms with E-state index in [0.717, 1.165) is 24.3 Å². The third-order valence-electron chi connectivity index (χ3n) is 5.73. The Morgan fingerprint density at radius 1 is 1.09 bits per heavy atom. The molecule has 182 valence electrons. The van der Waals surface area contributed by atoms with Gasteiger partial charge in [-0.15, -0.1) is 0 Å². The van der Waals surface area contributed by atoms with Gasteiger partial charge in [0.15, 0.2) is 23.1 Å². The number of benzene rings is 1. The quantitative estimate of drug-likeness (QED) is 0.379. The molecule has 1 saturated heterocycles. The summed E-state index contributed by atoms with van der Waals surface area (Å²) in [5.74, 6) is -7.82. The number of piperazine rings is 1. The molecule has 1 amide bonds. The van der Waals surface area contributed by atoms with Crippen molar-refractivity contribution < 1.29 is 31.5 Å². The van der Waals surface area contributed by atoms with Crippen LogP contribution in [0.1, 0.15) is 34.5 Å². The zero-order valence-corrected chi connectivity index (χ0v) is 18.8. The highest BCUT2D eigenvalue weighted by Crippen LogP contribution is 2.27. The highest BCUT2D eigenvalue weighted by atomic mass is 19.2. The van der Waals surface area contributed by atoms with Crippen LogP contribution in [-0.4, -0.2) is 51.7 Å². The van der Waals surface area contributed by atoms with Crippen LogP contribution in [0.3, 0.4) is 0 Å². The summed E-state index contributed by atoms with van der Waals surface area (Å²) in [6.45, 7) is 7.44. The number of carbonyl (C=O) groups excluding carboxylic acids is 1. The van der Waals surface area contributed by atoms with Crippen LogP contribution in [0.4, 0.5) is 17.6 Å². The third kappa shape index (κ3) is 4.93. The number of aromatic nitrogens is 2. The van der Waals surface area contributed by atoms with Crippen LogP contribution in [0.2, 0.25) is 0 Å². The fraction of sp³-hybridized carbons (Fsp3) is 0.391. The molecule has 1 aliphatic rings. The first-order chi connectivity index (χ1) is 16.3. The molecule has 1 aliphatic heterocycles. The monoisotopic (exact) mass is 480 g/mol. The van der Waals surface area contributed by atoms with Crippen LogP contribution in [-0.2, 0) is 19.7 Å². The molecule has 7 nitrogen and oxygen atoms in total. The van der Waals surface area contributed by atoms with Gasteiger partial charge in [-0.1, -0.05) is 0 Å². The third-order valence-corrected chi connectivity index (χ3v) is 5.73. The molecule has 2 aromatic heterocycles. The number of hydrogen-bond donors (Lipinski definition) is 0. The van der Waals surface area contributed by atoms with Crippen LogP contribution >= 0.6 is 0 Å². The van der Waals surface area contributed by atoms with Gasteiger partial charge in [0.05, 0.1) is 5.69 Å². The second kappa shape index (κ2) is 9.88. The maximum absolute atomic E-state index is 13.7. The molecule has 0 radical (unpaired) electrons. The van der Waals surface area contributed by atoms with Crippen molar-refractivity contribution in [3.63, 3.8) is 0 Å². The normalized spacial score (nSPS) is 14.6. The van der Waals surface area contributed by atoms with Gasteiger partial charge in [-0.2, -0.15) is 13.9 Å². The Morgan fingerprint density at radius 2 is 1.76 bits per heavy atom. The summed E-state index contributed by atoms with van der Waals surface area (Å²) in [4.78, 5) is 16.7. The molecule has 1 aromatic carbocycles. The predicted octanol–water partition coefficient (Wildman–Crippen LogP) is 3.90. The summed E-state index contributed by atoms with van der Waals surface area (Å²) >= 11 is 0. The Hall–Kier alpha value is -3.34. The lowest BCUT2D eigenvalue weighted by molar-refractivity contribution is 0.0593. The average molecular weight is 480 g/mol. The minimum atomic E-state index is -1.64. The molecular weight excluding hydrogens is 456 g/mol. The highest BCUT2D eigenvalue weighted by molar-refractivity contribution is 5.91. The highest BCUT2D eigenvalue weighted by Gasteiger charge is 2.26. The Balaban J connectivity index is 1.32. The Morgan fingerprint density at radius 3 is 2.38 bits per heavy atom. The van der Waals surface area contributed by atoms with E-state index in [0.29, 0.717) is 26.2 Å². The van der Waals surface area contributed by atoms with Crippen LogP contribution in [0.5, 0.6) is 5.75 Å². The largest absolute Gasteiger partial charge is 0.479 e. The Kier molecular flexibility index (Phi) is 6.92. The molecule has 11 heteroatoms. The smallest absolute Gasteiger partial charge is 0.289 e. The van der Waals surface area contributed by atoms with Gasteiger partial charge >= 0.3 is 0 Å².